The molecule has 0 saturated carbocycles. The topological polar surface area (TPSA) is 149 Å². The van der Waals surface area contributed by atoms with Crippen molar-refractivity contribution in [1.29, 1.82) is 0 Å². The molecule has 9 atom stereocenters. The molecule has 1 aliphatic heterocycles. The molecule has 1 saturated heterocycles. The maximum absolute atomic E-state index is 10.3. The summed E-state index contributed by atoms with van der Waals surface area (Å²) in [7, 11) is 1.16. The molecule has 144 valence electrons. The molecule has 0 aromatic rings. The lowest BCUT2D eigenvalue weighted by Crippen LogP contribution is -2.52. The Morgan fingerprint density at radius 1 is 1.12 bits per heavy atom. The van der Waals surface area contributed by atoms with Crippen LogP contribution in [0, 0.1) is 5.92 Å². The quantitative estimate of drug-likeness (QED) is 0.227. The average Bonchev–Trinajstić information content (AvgIpc) is 2.85. The van der Waals surface area contributed by atoms with Crippen LogP contribution in [0.3, 0.4) is 0 Å². The van der Waals surface area contributed by atoms with Gasteiger partial charge in [0, 0.05) is 25.4 Å². The van der Waals surface area contributed by atoms with Crippen LogP contribution in [0.5, 0.6) is 0 Å². The maximum Gasteiger partial charge on any atom is 0.187 e. The molecule has 0 aromatic heterocycles. The molecule has 6 N–H and O–H groups in total. The molecule has 0 radical (unpaired) electrons. The number of aliphatic hydroxyl groups is 6. The number of aliphatic hydroxyl groups excluding tert-OH is 6. The second kappa shape index (κ2) is 10.2. The van der Waals surface area contributed by atoms with Crippen molar-refractivity contribution < 1.29 is 44.8 Å². The summed E-state index contributed by atoms with van der Waals surface area (Å²) in [5, 5.41) is 59.2. The summed E-state index contributed by atoms with van der Waals surface area (Å²) in [6, 6.07) is 0. The monoisotopic (exact) mass is 372 g/mol. The van der Waals surface area contributed by atoms with Crippen LogP contribution in [0.1, 0.15) is 6.92 Å². The fourth-order valence-electron chi connectivity index (χ4n) is 2.38. The minimum absolute atomic E-state index is 0.386. The van der Waals surface area contributed by atoms with E-state index < -0.39 is 55.1 Å². The molecule has 10 heteroatoms. The average molecular weight is 372 g/mol. The molecule has 1 rings (SSSR count). The SMILES string of the molecule is CO[C@@H](O)C(O)[C@@H](O[C@H]1O[C@H](CSC)C(O)C1O)[C@H](O)C(C)CO. The minimum atomic E-state index is -1.66. The van der Waals surface area contributed by atoms with Crippen LogP contribution < -0.4 is 0 Å². The van der Waals surface area contributed by atoms with E-state index in [0.717, 1.165) is 7.11 Å². The predicted octanol–water partition coefficient (Wildman–Crippen LogP) is -2.50. The standard InChI is InChI=1S/C14H28O9S/c1-6(4-15)8(16)12(11(19)13(20)21-2)23-14-10(18)9(17)7(22-14)5-24-3/h6-20H,4-5H2,1-3H3/t6?,7-,8-,9?,10?,11?,12+,13-,14-/m1/s1. The molecule has 1 fully saturated rings. The van der Waals surface area contributed by atoms with Crippen molar-refractivity contribution in [3.8, 4) is 0 Å². The van der Waals surface area contributed by atoms with Gasteiger partial charge in [0.25, 0.3) is 0 Å². The highest BCUT2D eigenvalue weighted by Gasteiger charge is 2.47. The third-order valence-corrected chi connectivity index (χ3v) is 4.68. The first-order chi connectivity index (χ1) is 11.3. The Morgan fingerprint density at radius 2 is 1.75 bits per heavy atom. The number of ether oxygens (including phenoxy) is 3. The molecule has 0 aliphatic carbocycles. The van der Waals surface area contributed by atoms with E-state index >= 15 is 0 Å². The normalized spacial score (nSPS) is 33.9. The molecule has 24 heavy (non-hydrogen) atoms. The van der Waals surface area contributed by atoms with E-state index in [4.69, 9.17) is 9.47 Å². The summed E-state index contributed by atoms with van der Waals surface area (Å²) < 4.78 is 15.5. The highest BCUT2D eigenvalue weighted by atomic mass is 32.2. The summed E-state index contributed by atoms with van der Waals surface area (Å²) >= 11 is 1.41. The Kier molecular flexibility index (Phi) is 9.38. The molecule has 1 heterocycles. The van der Waals surface area contributed by atoms with Crippen molar-refractivity contribution >= 4 is 11.8 Å². The van der Waals surface area contributed by atoms with Crippen LogP contribution >= 0.6 is 11.8 Å². The molecule has 0 aromatic carbocycles. The lowest BCUT2D eigenvalue weighted by atomic mass is 9.96. The molecule has 9 nitrogen and oxygen atoms in total. The van der Waals surface area contributed by atoms with Crippen LogP contribution in [0.25, 0.3) is 0 Å². The Bertz CT molecular complexity index is 345. The third-order valence-electron chi connectivity index (χ3n) is 4.02. The first-order valence-corrected chi connectivity index (χ1v) is 9.01. The van der Waals surface area contributed by atoms with Crippen molar-refractivity contribution in [2.24, 2.45) is 5.92 Å². The number of hydrogen-bond donors (Lipinski definition) is 6. The van der Waals surface area contributed by atoms with Gasteiger partial charge >= 0.3 is 0 Å². The van der Waals surface area contributed by atoms with Crippen LogP contribution in [0.2, 0.25) is 0 Å². The summed E-state index contributed by atoms with van der Waals surface area (Å²) in [6.07, 6.45) is -8.82. The first kappa shape index (κ1) is 22.0. The van der Waals surface area contributed by atoms with Crippen LogP contribution in [-0.2, 0) is 14.2 Å². The molecule has 0 spiro atoms. The zero-order chi connectivity index (χ0) is 18.4. The van der Waals surface area contributed by atoms with Gasteiger partial charge in [-0.1, -0.05) is 6.92 Å². The van der Waals surface area contributed by atoms with E-state index in [9.17, 15) is 30.6 Å². The molecular formula is C14H28O9S. The fourth-order valence-corrected chi connectivity index (χ4v) is 2.98. The van der Waals surface area contributed by atoms with Crippen molar-refractivity contribution in [3.63, 3.8) is 0 Å². The van der Waals surface area contributed by atoms with Crippen LogP contribution in [-0.4, -0.2) is 106 Å². The van der Waals surface area contributed by atoms with E-state index in [1.54, 1.807) is 0 Å². The first-order valence-electron chi connectivity index (χ1n) is 7.62. The van der Waals surface area contributed by atoms with Gasteiger partial charge in [-0.3, -0.25) is 0 Å². The van der Waals surface area contributed by atoms with Gasteiger partial charge in [-0.25, -0.2) is 0 Å². The molecule has 0 amide bonds. The second-order valence-corrected chi connectivity index (χ2v) is 6.76. The summed E-state index contributed by atoms with van der Waals surface area (Å²) in [6.45, 7) is 1.13. The summed E-state index contributed by atoms with van der Waals surface area (Å²) in [4.78, 5) is 0. The molecule has 1 aliphatic rings. The van der Waals surface area contributed by atoms with Gasteiger partial charge in [0.15, 0.2) is 12.6 Å². The number of rotatable bonds is 10. The van der Waals surface area contributed by atoms with Gasteiger partial charge < -0.3 is 44.8 Å². The molecule has 4 unspecified atom stereocenters. The fraction of sp³-hybridized carbons (Fsp3) is 1.00. The van der Waals surface area contributed by atoms with Crippen LogP contribution in [0.4, 0.5) is 0 Å². The Morgan fingerprint density at radius 3 is 2.25 bits per heavy atom. The van der Waals surface area contributed by atoms with Crippen LogP contribution in [0.15, 0.2) is 0 Å². The number of thioether (sulfide) groups is 1. The van der Waals surface area contributed by atoms with Crippen molar-refractivity contribution in [3.05, 3.63) is 0 Å². The van der Waals surface area contributed by atoms with Gasteiger partial charge in [-0.2, -0.15) is 11.8 Å². The van der Waals surface area contributed by atoms with E-state index in [1.165, 1.54) is 18.7 Å². The number of methoxy groups -OCH3 is 1. The largest absolute Gasteiger partial charge is 0.396 e. The van der Waals surface area contributed by atoms with Crippen molar-refractivity contribution in [1.82, 2.24) is 0 Å². The Hall–Kier alpha value is -0.0100. The van der Waals surface area contributed by atoms with E-state index in [0.29, 0.717) is 5.75 Å². The lowest BCUT2D eigenvalue weighted by molar-refractivity contribution is -0.264. The van der Waals surface area contributed by atoms with Gasteiger partial charge in [0.1, 0.15) is 24.4 Å². The minimum Gasteiger partial charge on any atom is -0.396 e. The second-order valence-electron chi connectivity index (χ2n) is 5.85. The number of hydrogen-bond acceptors (Lipinski definition) is 10. The van der Waals surface area contributed by atoms with E-state index in [1.807, 2.05) is 6.26 Å². The van der Waals surface area contributed by atoms with Gasteiger partial charge in [-0.05, 0) is 6.26 Å². The lowest BCUT2D eigenvalue weighted by Gasteiger charge is -2.34. The zero-order valence-corrected chi connectivity index (χ0v) is 14.7. The van der Waals surface area contributed by atoms with Crippen molar-refractivity contribution in [2.45, 2.75) is 56.1 Å². The smallest absolute Gasteiger partial charge is 0.187 e. The van der Waals surface area contributed by atoms with Gasteiger partial charge in [-0.15, -0.1) is 0 Å². The van der Waals surface area contributed by atoms with E-state index in [2.05, 4.69) is 4.74 Å². The van der Waals surface area contributed by atoms with Crippen molar-refractivity contribution in [2.75, 3.05) is 25.7 Å². The highest BCUT2D eigenvalue weighted by Crippen LogP contribution is 2.28. The zero-order valence-electron chi connectivity index (χ0n) is 13.9. The predicted molar refractivity (Wildman–Crippen MR) is 85.2 cm³/mol. The highest BCUT2D eigenvalue weighted by molar-refractivity contribution is 7.98. The van der Waals surface area contributed by atoms with E-state index in [-0.39, 0.29) is 6.61 Å². The van der Waals surface area contributed by atoms with Gasteiger partial charge in [0.05, 0.1) is 12.2 Å². The Labute approximate surface area is 145 Å². The van der Waals surface area contributed by atoms with Gasteiger partial charge in [0.2, 0.25) is 0 Å². The molecular weight excluding hydrogens is 344 g/mol. The Balaban J connectivity index is 2.88. The maximum atomic E-state index is 10.3. The summed E-state index contributed by atoms with van der Waals surface area (Å²) in [5.41, 5.74) is 0. The third kappa shape index (κ3) is 5.24. The molecule has 0 bridgehead atoms. The summed E-state index contributed by atoms with van der Waals surface area (Å²) in [5.74, 6) is -0.263.